The molecule has 2 N–H and O–H groups in total. The molecule has 6 aliphatic rings. The van der Waals surface area contributed by atoms with Gasteiger partial charge in [-0.2, -0.15) is 5.26 Å². The van der Waals surface area contributed by atoms with Gasteiger partial charge in [-0.05, 0) is 57.4 Å². The number of hydrogen-bond donors (Lipinski definition) is 2. The van der Waals surface area contributed by atoms with Crippen molar-refractivity contribution in [2.45, 2.75) is 88.5 Å². The van der Waals surface area contributed by atoms with Crippen molar-refractivity contribution in [3.05, 3.63) is 45.0 Å². The van der Waals surface area contributed by atoms with E-state index in [1.807, 2.05) is 20.8 Å². The van der Waals surface area contributed by atoms with Crippen LogP contribution < -0.4 is 19.5 Å². The second kappa shape index (κ2) is 14.4. The second-order valence-electron chi connectivity index (χ2n) is 13.3. The third-order valence-electron chi connectivity index (χ3n) is 10.7. The molecule has 2 aromatic carbocycles. The van der Waals surface area contributed by atoms with Crippen LogP contribution >= 0.6 is 11.8 Å². The number of nitrogens with zero attached hydrogens (tertiary/aromatic N) is 3. The second-order valence-corrected chi connectivity index (χ2v) is 14.5. The molecule has 2 saturated heterocycles. The molecule has 8 rings (SSSR count). The molecular formula is C35H42AcN4O8S. The van der Waals surface area contributed by atoms with Gasteiger partial charge in [0, 0.05) is 97.7 Å². The van der Waals surface area contributed by atoms with Gasteiger partial charge in [0.15, 0.2) is 18.3 Å². The Hall–Kier alpha value is -2.26. The number of ether oxygens (including phenoxy) is 5. The molecule has 0 saturated carbocycles. The van der Waals surface area contributed by atoms with Crippen LogP contribution in [0.3, 0.4) is 0 Å². The standard InChI is InChI=1S/C35H42N4O8S.Ac/c1-7-8-24(40)37-20-13-48-34-27-26(33-32(46-15-47-33)18(4)30(27)41)23(12-44-35(20)42)39-22(11-36)21-10-19-9-16(2)17(3)31(45-14-43-6)25(19)28(29(34)39)38(21)5;/h9,20-23,28-29,34,41H,7-8,10,12-15H2,1-6H3,(H,37,40);/t20-,21-,22-,23-,28+,29?,34+;/m0./s1. The zero-order valence-electron chi connectivity index (χ0n) is 28.7. The first kappa shape index (κ1) is 36.5. The summed E-state index contributed by atoms with van der Waals surface area (Å²) in [6, 6.07) is 1.92. The van der Waals surface area contributed by atoms with Crippen LogP contribution in [0.1, 0.15) is 76.0 Å². The van der Waals surface area contributed by atoms with Gasteiger partial charge in [-0.3, -0.25) is 14.6 Å². The van der Waals surface area contributed by atoms with Crippen LogP contribution in [0.15, 0.2) is 6.07 Å². The fourth-order valence-corrected chi connectivity index (χ4v) is 9.96. The number of nitrogens with one attached hydrogen (secondary N) is 1. The van der Waals surface area contributed by atoms with Crippen LogP contribution in [0.4, 0.5) is 0 Å². The van der Waals surface area contributed by atoms with Crippen LogP contribution in [0.5, 0.6) is 23.0 Å². The van der Waals surface area contributed by atoms with Crippen LogP contribution in [-0.2, 0) is 25.5 Å². The monoisotopic (exact) mass is 905 g/mol. The molecule has 6 heterocycles. The maximum Gasteiger partial charge on any atom is 0.329 e. The van der Waals surface area contributed by atoms with E-state index >= 15 is 0 Å². The van der Waals surface area contributed by atoms with Crippen molar-refractivity contribution in [1.29, 1.82) is 5.26 Å². The molecule has 14 heteroatoms. The summed E-state index contributed by atoms with van der Waals surface area (Å²) in [5, 5.41) is 25.4. The Labute approximate surface area is 326 Å². The molecular weight excluding hydrogens is 863 g/mol. The van der Waals surface area contributed by atoms with E-state index in [-0.39, 0.29) is 99.8 Å². The number of likely N-dealkylation sites (N-methyl/N-ethyl adjacent to an activating group) is 1. The molecule has 0 aromatic heterocycles. The summed E-state index contributed by atoms with van der Waals surface area (Å²) < 4.78 is 29.7. The van der Waals surface area contributed by atoms with Crippen LogP contribution in [-0.4, -0.2) is 91.1 Å². The fraction of sp³-hybridized carbons (Fsp3) is 0.571. The van der Waals surface area contributed by atoms with Crippen molar-refractivity contribution in [3.8, 4) is 29.1 Å². The number of piperazine rings is 1. The topological polar surface area (TPSA) is 143 Å². The predicted molar refractivity (Wildman–Crippen MR) is 176 cm³/mol. The van der Waals surface area contributed by atoms with Gasteiger partial charge in [0.2, 0.25) is 12.7 Å². The maximum absolute atomic E-state index is 13.6. The number of thioether (sulfide) groups is 1. The van der Waals surface area contributed by atoms with Crippen LogP contribution in [0.25, 0.3) is 0 Å². The number of phenolic OH excluding ortho intramolecular Hbond substituents is 1. The summed E-state index contributed by atoms with van der Waals surface area (Å²) in [7, 11) is 3.66. The Bertz CT molecular complexity index is 1720. The summed E-state index contributed by atoms with van der Waals surface area (Å²) in [6.45, 7) is 7.81. The number of phenols is 1. The number of carbonyl (C=O) groups excluding carboxylic acids is 2. The van der Waals surface area contributed by atoms with Crippen LogP contribution in [0.2, 0.25) is 0 Å². The van der Waals surface area contributed by atoms with Crippen molar-refractivity contribution < 1.29 is 82.4 Å². The molecule has 2 fully saturated rings. The zero-order valence-corrected chi connectivity index (χ0v) is 34.3. The summed E-state index contributed by atoms with van der Waals surface area (Å²) >= 11 is 1.48. The average Bonchev–Trinajstić information content (AvgIpc) is 3.55. The Morgan fingerprint density at radius 2 is 1.92 bits per heavy atom. The summed E-state index contributed by atoms with van der Waals surface area (Å²) in [5.74, 6) is 1.28. The number of rotatable bonds is 6. The van der Waals surface area contributed by atoms with Gasteiger partial charge in [0.1, 0.15) is 30.2 Å². The van der Waals surface area contributed by atoms with Crippen molar-refractivity contribution in [2.24, 2.45) is 0 Å². The molecule has 4 bridgehead atoms. The van der Waals surface area contributed by atoms with E-state index in [2.05, 4.69) is 41.2 Å². The number of amides is 1. The molecule has 1 unspecified atom stereocenters. The van der Waals surface area contributed by atoms with E-state index in [0.717, 1.165) is 28.0 Å². The molecule has 7 atom stereocenters. The molecule has 1 radical (unpaired) electrons. The van der Waals surface area contributed by atoms with E-state index in [1.165, 1.54) is 11.8 Å². The molecule has 0 aliphatic carbocycles. The van der Waals surface area contributed by atoms with Crippen molar-refractivity contribution >= 4 is 23.6 Å². The molecule has 1 amide bonds. The van der Waals surface area contributed by atoms with Crippen LogP contribution in [0, 0.1) is 76.2 Å². The molecule has 2 aromatic rings. The average molecular weight is 906 g/mol. The minimum absolute atomic E-state index is 0. The van der Waals surface area contributed by atoms with Gasteiger partial charge in [-0.1, -0.05) is 13.0 Å². The van der Waals surface area contributed by atoms with Gasteiger partial charge in [-0.25, -0.2) is 4.79 Å². The largest absolute Gasteiger partial charge is 0.507 e. The molecule has 259 valence electrons. The van der Waals surface area contributed by atoms with Gasteiger partial charge in [-0.15, -0.1) is 11.8 Å². The van der Waals surface area contributed by atoms with Gasteiger partial charge in [0.25, 0.3) is 0 Å². The first-order valence-corrected chi connectivity index (χ1v) is 17.5. The number of hydrogen-bond acceptors (Lipinski definition) is 12. The number of nitriles is 1. The Morgan fingerprint density at radius 3 is 2.63 bits per heavy atom. The first-order valence-electron chi connectivity index (χ1n) is 16.5. The Morgan fingerprint density at radius 1 is 1.16 bits per heavy atom. The number of benzene rings is 2. The normalized spacial score (nSPS) is 28.3. The number of esters is 1. The number of aromatic hydroxyl groups is 1. The SMILES string of the molecule is CCCC(=O)N[C@H]1CS[C@@H]2c3c(O)c(C)c4c(c3[C@H](COC1=O)N1C2[C@H]2c3c(cc(C)c(C)c3OCOC)C[C@@H]([C@@H]1C#N)N2C)OCO4.[Ac]. The minimum Gasteiger partial charge on any atom is -0.507 e. The van der Waals surface area contributed by atoms with Gasteiger partial charge < -0.3 is 34.1 Å². The predicted octanol–water partition coefficient (Wildman–Crippen LogP) is 3.87. The van der Waals surface area contributed by atoms with Crippen molar-refractivity contribution in [2.75, 3.05) is 40.1 Å². The minimum atomic E-state index is -0.882. The fourth-order valence-electron chi connectivity index (χ4n) is 8.45. The molecule has 0 spiro atoms. The van der Waals surface area contributed by atoms with E-state index in [1.54, 1.807) is 7.11 Å². The Kier molecular flexibility index (Phi) is 10.7. The molecule has 6 aliphatic heterocycles. The van der Waals surface area contributed by atoms with E-state index in [4.69, 9.17) is 23.7 Å². The Balaban J connectivity index is 0.00000417. The number of methoxy groups -OCH3 is 1. The van der Waals surface area contributed by atoms with E-state index in [9.17, 15) is 20.0 Å². The first-order chi connectivity index (χ1) is 23.1. The third-order valence-corrected chi connectivity index (χ3v) is 12.1. The zero-order chi connectivity index (χ0) is 34.0. The van der Waals surface area contributed by atoms with E-state index < -0.39 is 29.3 Å². The number of carbonyl (C=O) groups is 2. The van der Waals surface area contributed by atoms with Crippen molar-refractivity contribution in [1.82, 2.24) is 15.1 Å². The van der Waals surface area contributed by atoms with Gasteiger partial charge in [0.05, 0.1) is 23.4 Å². The maximum atomic E-state index is 13.6. The molecule has 12 nitrogen and oxygen atoms in total. The quantitative estimate of drug-likeness (QED) is 0.321. The summed E-state index contributed by atoms with van der Waals surface area (Å²) in [6.07, 6.45) is 1.56. The van der Waals surface area contributed by atoms with E-state index in [0.29, 0.717) is 47.5 Å². The smallest absolute Gasteiger partial charge is 0.329 e. The third kappa shape index (κ3) is 5.81. The van der Waals surface area contributed by atoms with Gasteiger partial charge >= 0.3 is 5.97 Å². The molecule has 49 heavy (non-hydrogen) atoms. The summed E-state index contributed by atoms with van der Waals surface area (Å²) in [4.78, 5) is 30.8. The number of aryl methyl sites for hydroxylation is 1. The van der Waals surface area contributed by atoms with Crippen molar-refractivity contribution in [3.63, 3.8) is 0 Å². The summed E-state index contributed by atoms with van der Waals surface area (Å²) in [5.41, 5.74) is 6.20. The number of fused-ring (bicyclic) bond motifs is 10.